The predicted octanol–water partition coefficient (Wildman–Crippen LogP) is 3.28. The highest BCUT2D eigenvalue weighted by molar-refractivity contribution is 7.98. The highest BCUT2D eigenvalue weighted by Gasteiger charge is 2.20. The molecular weight excluding hydrogens is 388 g/mol. The SMILES string of the molecule is CSc1nc(-c2ccco2)nc(C)c1C(=O)NCc1nncn1-c1ccccc1. The highest BCUT2D eigenvalue weighted by Crippen LogP contribution is 2.25. The second-order valence-electron chi connectivity index (χ2n) is 6.13. The molecule has 9 heteroatoms. The first-order valence-corrected chi connectivity index (χ1v) is 10.1. The van der Waals surface area contributed by atoms with Gasteiger partial charge in [-0.2, -0.15) is 0 Å². The quantitative estimate of drug-likeness (QED) is 0.387. The Morgan fingerprint density at radius 2 is 2.00 bits per heavy atom. The fourth-order valence-corrected chi connectivity index (χ4v) is 3.53. The van der Waals surface area contributed by atoms with Crippen LogP contribution in [0.3, 0.4) is 0 Å². The van der Waals surface area contributed by atoms with Gasteiger partial charge in [0.25, 0.3) is 5.91 Å². The van der Waals surface area contributed by atoms with Crippen LogP contribution in [-0.2, 0) is 6.54 Å². The van der Waals surface area contributed by atoms with Crippen LogP contribution in [0.25, 0.3) is 17.3 Å². The summed E-state index contributed by atoms with van der Waals surface area (Å²) in [5.74, 6) is 1.38. The fraction of sp³-hybridized carbons (Fsp3) is 0.150. The van der Waals surface area contributed by atoms with E-state index in [1.165, 1.54) is 11.8 Å². The summed E-state index contributed by atoms with van der Waals surface area (Å²) in [5, 5.41) is 11.6. The Morgan fingerprint density at radius 1 is 1.17 bits per heavy atom. The van der Waals surface area contributed by atoms with Crippen LogP contribution in [0.4, 0.5) is 0 Å². The standard InChI is InChI=1S/C20H18N6O2S/c1-13-17(20(29-2)24-18(23-13)15-9-6-10-28-15)19(27)21-11-16-25-22-12-26(16)14-7-4-3-5-8-14/h3-10,12H,11H2,1-2H3,(H,21,27). The van der Waals surface area contributed by atoms with E-state index in [9.17, 15) is 4.79 Å². The van der Waals surface area contributed by atoms with Gasteiger partial charge in [0.15, 0.2) is 17.4 Å². The van der Waals surface area contributed by atoms with Crippen LogP contribution in [0.5, 0.6) is 0 Å². The van der Waals surface area contributed by atoms with Crippen molar-refractivity contribution in [1.29, 1.82) is 0 Å². The fourth-order valence-electron chi connectivity index (χ4n) is 2.90. The number of hydrogen-bond donors (Lipinski definition) is 1. The molecule has 29 heavy (non-hydrogen) atoms. The molecule has 0 saturated heterocycles. The minimum atomic E-state index is -0.263. The van der Waals surface area contributed by atoms with Gasteiger partial charge in [-0.05, 0) is 37.4 Å². The average Bonchev–Trinajstić information content (AvgIpc) is 3.44. The number of aromatic nitrogens is 5. The monoisotopic (exact) mass is 406 g/mol. The van der Waals surface area contributed by atoms with Crippen molar-refractivity contribution in [2.75, 3.05) is 6.26 Å². The van der Waals surface area contributed by atoms with Crippen LogP contribution < -0.4 is 5.32 Å². The number of nitrogens with zero attached hydrogens (tertiary/aromatic N) is 5. The molecule has 3 aromatic heterocycles. The first kappa shape index (κ1) is 18.9. The van der Waals surface area contributed by atoms with Crippen molar-refractivity contribution in [1.82, 2.24) is 30.0 Å². The third-order valence-electron chi connectivity index (χ3n) is 4.28. The Labute approximate surface area is 171 Å². The van der Waals surface area contributed by atoms with Crippen molar-refractivity contribution in [3.63, 3.8) is 0 Å². The van der Waals surface area contributed by atoms with E-state index in [2.05, 4.69) is 25.5 Å². The Balaban J connectivity index is 1.56. The second kappa shape index (κ2) is 8.27. The summed E-state index contributed by atoms with van der Waals surface area (Å²) in [6.45, 7) is 2.01. The molecule has 4 rings (SSSR count). The number of rotatable bonds is 6. The van der Waals surface area contributed by atoms with Gasteiger partial charge in [-0.15, -0.1) is 22.0 Å². The number of aryl methyl sites for hydroxylation is 1. The number of furan rings is 1. The maximum absolute atomic E-state index is 12.9. The summed E-state index contributed by atoms with van der Waals surface area (Å²) < 4.78 is 7.21. The first-order chi connectivity index (χ1) is 14.2. The van der Waals surface area contributed by atoms with Gasteiger partial charge in [-0.1, -0.05) is 18.2 Å². The van der Waals surface area contributed by atoms with Crippen molar-refractivity contribution in [3.8, 4) is 17.3 Å². The molecular formula is C20H18N6O2S. The van der Waals surface area contributed by atoms with Crippen LogP contribution in [0.15, 0.2) is 64.5 Å². The number of carbonyl (C=O) groups is 1. The minimum absolute atomic E-state index is 0.223. The van der Waals surface area contributed by atoms with E-state index in [0.29, 0.717) is 33.7 Å². The van der Waals surface area contributed by atoms with Gasteiger partial charge in [0.05, 0.1) is 24.1 Å². The van der Waals surface area contributed by atoms with Crippen LogP contribution >= 0.6 is 11.8 Å². The Bertz CT molecular complexity index is 1130. The van der Waals surface area contributed by atoms with E-state index < -0.39 is 0 Å². The van der Waals surface area contributed by atoms with E-state index in [1.807, 2.05) is 41.2 Å². The number of thioether (sulfide) groups is 1. The molecule has 0 bridgehead atoms. The summed E-state index contributed by atoms with van der Waals surface area (Å²) in [7, 11) is 0. The van der Waals surface area contributed by atoms with Gasteiger partial charge < -0.3 is 9.73 Å². The Kier molecular flexibility index (Phi) is 5.39. The molecule has 0 radical (unpaired) electrons. The second-order valence-corrected chi connectivity index (χ2v) is 6.92. The maximum atomic E-state index is 12.9. The Hall–Kier alpha value is -3.46. The normalized spacial score (nSPS) is 10.8. The van der Waals surface area contributed by atoms with E-state index in [4.69, 9.17) is 4.42 Å². The molecule has 146 valence electrons. The van der Waals surface area contributed by atoms with E-state index >= 15 is 0 Å². The van der Waals surface area contributed by atoms with Gasteiger partial charge in [-0.25, -0.2) is 9.97 Å². The molecule has 0 unspecified atom stereocenters. The molecule has 0 aliphatic heterocycles. The molecule has 3 heterocycles. The van der Waals surface area contributed by atoms with Crippen LogP contribution in [-0.4, -0.2) is 36.9 Å². The summed E-state index contributed by atoms with van der Waals surface area (Å²) >= 11 is 1.39. The van der Waals surface area contributed by atoms with Crippen LogP contribution in [0.2, 0.25) is 0 Å². The van der Waals surface area contributed by atoms with Crippen molar-refractivity contribution in [2.24, 2.45) is 0 Å². The lowest BCUT2D eigenvalue weighted by atomic mass is 10.2. The zero-order chi connectivity index (χ0) is 20.2. The molecule has 1 N–H and O–H groups in total. The summed E-state index contributed by atoms with van der Waals surface area (Å²) in [6, 6.07) is 13.3. The zero-order valence-corrected chi connectivity index (χ0v) is 16.7. The summed E-state index contributed by atoms with van der Waals surface area (Å²) in [5.41, 5.74) is 1.95. The number of carbonyl (C=O) groups excluding carboxylic acids is 1. The zero-order valence-electron chi connectivity index (χ0n) is 15.9. The molecule has 0 atom stereocenters. The lowest BCUT2D eigenvalue weighted by molar-refractivity contribution is 0.0945. The average molecular weight is 406 g/mol. The molecule has 0 aliphatic rings. The molecule has 1 aromatic carbocycles. The predicted molar refractivity (Wildman–Crippen MR) is 109 cm³/mol. The van der Waals surface area contributed by atoms with Crippen molar-refractivity contribution in [2.45, 2.75) is 18.5 Å². The van der Waals surface area contributed by atoms with Gasteiger partial charge >= 0.3 is 0 Å². The van der Waals surface area contributed by atoms with Crippen LogP contribution in [0.1, 0.15) is 21.9 Å². The molecule has 4 aromatic rings. The Morgan fingerprint density at radius 3 is 2.72 bits per heavy atom. The highest BCUT2D eigenvalue weighted by atomic mass is 32.2. The molecule has 8 nitrogen and oxygen atoms in total. The van der Waals surface area contributed by atoms with Crippen molar-refractivity contribution >= 4 is 17.7 Å². The third kappa shape index (κ3) is 3.90. The lowest BCUT2D eigenvalue weighted by Gasteiger charge is -2.12. The summed E-state index contributed by atoms with van der Waals surface area (Å²) in [6.07, 6.45) is 5.06. The van der Waals surface area contributed by atoms with E-state index in [0.717, 1.165) is 5.69 Å². The van der Waals surface area contributed by atoms with Crippen molar-refractivity contribution < 1.29 is 9.21 Å². The smallest absolute Gasteiger partial charge is 0.256 e. The molecule has 0 fully saturated rings. The number of nitrogens with one attached hydrogen (secondary N) is 1. The van der Waals surface area contributed by atoms with E-state index in [-0.39, 0.29) is 12.5 Å². The molecule has 0 saturated carbocycles. The minimum Gasteiger partial charge on any atom is -0.461 e. The molecule has 0 aliphatic carbocycles. The van der Waals surface area contributed by atoms with Gasteiger partial charge in [0.2, 0.25) is 0 Å². The third-order valence-corrected chi connectivity index (χ3v) is 4.96. The van der Waals surface area contributed by atoms with Crippen molar-refractivity contribution in [3.05, 3.63) is 72.1 Å². The van der Waals surface area contributed by atoms with Gasteiger partial charge in [0, 0.05) is 5.69 Å². The van der Waals surface area contributed by atoms with Gasteiger partial charge in [-0.3, -0.25) is 9.36 Å². The van der Waals surface area contributed by atoms with E-state index in [1.54, 1.807) is 31.6 Å². The lowest BCUT2D eigenvalue weighted by Crippen LogP contribution is -2.26. The molecule has 0 spiro atoms. The number of para-hydroxylation sites is 1. The topological polar surface area (TPSA) is 98.7 Å². The van der Waals surface area contributed by atoms with Crippen LogP contribution in [0, 0.1) is 6.92 Å². The molecule has 1 amide bonds. The largest absolute Gasteiger partial charge is 0.461 e. The number of hydrogen-bond acceptors (Lipinski definition) is 7. The number of amides is 1. The first-order valence-electron chi connectivity index (χ1n) is 8.86. The number of benzene rings is 1. The summed E-state index contributed by atoms with van der Waals surface area (Å²) in [4.78, 5) is 21.8. The van der Waals surface area contributed by atoms with Gasteiger partial charge in [0.1, 0.15) is 11.4 Å². The maximum Gasteiger partial charge on any atom is 0.256 e.